The standard InChI is InChI=1S/C14H12FNO/c15-13-8-11(16)2-3-12(13)9-1-4-14-10(7-9)5-6-17-14/h1-4,7-8H,5-6,16H2. The summed E-state index contributed by atoms with van der Waals surface area (Å²) in [6.07, 6.45) is 0.889. The lowest BCUT2D eigenvalue weighted by molar-refractivity contribution is 0.357. The highest BCUT2D eigenvalue weighted by atomic mass is 19.1. The second-order valence-electron chi connectivity index (χ2n) is 4.16. The summed E-state index contributed by atoms with van der Waals surface area (Å²) in [6, 6.07) is 10.5. The van der Waals surface area contributed by atoms with Crippen LogP contribution in [0.25, 0.3) is 11.1 Å². The largest absolute Gasteiger partial charge is 0.493 e. The topological polar surface area (TPSA) is 35.2 Å². The van der Waals surface area contributed by atoms with Crippen LogP contribution in [0.15, 0.2) is 36.4 Å². The summed E-state index contributed by atoms with van der Waals surface area (Å²) in [7, 11) is 0. The Labute approximate surface area is 98.8 Å². The Hall–Kier alpha value is -2.03. The number of ether oxygens (including phenoxy) is 1. The van der Waals surface area contributed by atoms with Crippen LogP contribution in [0.1, 0.15) is 5.56 Å². The van der Waals surface area contributed by atoms with E-state index in [0.29, 0.717) is 17.9 Å². The molecule has 0 aliphatic carbocycles. The summed E-state index contributed by atoms with van der Waals surface area (Å²) in [4.78, 5) is 0. The van der Waals surface area contributed by atoms with Crippen molar-refractivity contribution in [3.63, 3.8) is 0 Å². The Kier molecular flexibility index (Phi) is 2.25. The van der Waals surface area contributed by atoms with E-state index in [4.69, 9.17) is 10.5 Å². The molecule has 0 aromatic heterocycles. The fourth-order valence-corrected chi connectivity index (χ4v) is 2.12. The third-order valence-electron chi connectivity index (χ3n) is 2.99. The average Bonchev–Trinajstić information content (AvgIpc) is 2.75. The quantitative estimate of drug-likeness (QED) is 0.763. The van der Waals surface area contributed by atoms with Crippen LogP contribution < -0.4 is 10.5 Å². The van der Waals surface area contributed by atoms with Crippen molar-refractivity contribution in [3.05, 3.63) is 47.8 Å². The van der Waals surface area contributed by atoms with Gasteiger partial charge in [-0.05, 0) is 41.5 Å². The molecule has 1 aliphatic rings. The van der Waals surface area contributed by atoms with Gasteiger partial charge in [0.15, 0.2) is 0 Å². The molecule has 2 aromatic rings. The van der Waals surface area contributed by atoms with Gasteiger partial charge in [0.25, 0.3) is 0 Å². The number of fused-ring (bicyclic) bond motifs is 1. The molecule has 0 amide bonds. The smallest absolute Gasteiger partial charge is 0.133 e. The molecule has 0 bridgehead atoms. The maximum Gasteiger partial charge on any atom is 0.133 e. The van der Waals surface area contributed by atoms with Crippen molar-refractivity contribution in [2.75, 3.05) is 12.3 Å². The third kappa shape index (κ3) is 1.73. The molecule has 1 aliphatic heterocycles. The van der Waals surface area contributed by atoms with E-state index < -0.39 is 0 Å². The van der Waals surface area contributed by atoms with Crippen LogP contribution in [-0.4, -0.2) is 6.61 Å². The second kappa shape index (κ2) is 3.77. The van der Waals surface area contributed by atoms with Crippen LogP contribution in [0, 0.1) is 5.82 Å². The Morgan fingerprint density at radius 2 is 2.00 bits per heavy atom. The first-order valence-corrected chi connectivity index (χ1v) is 5.55. The van der Waals surface area contributed by atoms with Crippen molar-refractivity contribution in [2.45, 2.75) is 6.42 Å². The summed E-state index contributed by atoms with van der Waals surface area (Å²) in [5, 5.41) is 0. The summed E-state index contributed by atoms with van der Waals surface area (Å²) in [5.74, 6) is 0.619. The molecule has 0 saturated carbocycles. The van der Waals surface area contributed by atoms with Crippen LogP contribution in [0.5, 0.6) is 5.75 Å². The van der Waals surface area contributed by atoms with Crippen molar-refractivity contribution in [2.24, 2.45) is 0 Å². The first-order valence-electron chi connectivity index (χ1n) is 5.55. The van der Waals surface area contributed by atoms with Crippen LogP contribution in [0.4, 0.5) is 10.1 Å². The van der Waals surface area contributed by atoms with E-state index in [1.165, 1.54) is 6.07 Å². The van der Waals surface area contributed by atoms with E-state index in [1.54, 1.807) is 12.1 Å². The van der Waals surface area contributed by atoms with Crippen LogP contribution in [0.2, 0.25) is 0 Å². The van der Waals surface area contributed by atoms with Gasteiger partial charge in [-0.2, -0.15) is 0 Å². The van der Waals surface area contributed by atoms with Gasteiger partial charge >= 0.3 is 0 Å². The number of anilines is 1. The molecule has 0 unspecified atom stereocenters. The third-order valence-corrected chi connectivity index (χ3v) is 2.99. The van der Waals surface area contributed by atoms with Crippen molar-refractivity contribution < 1.29 is 9.13 Å². The molecule has 17 heavy (non-hydrogen) atoms. The minimum Gasteiger partial charge on any atom is -0.493 e. The zero-order valence-electron chi connectivity index (χ0n) is 9.24. The van der Waals surface area contributed by atoms with E-state index in [9.17, 15) is 4.39 Å². The predicted molar refractivity (Wildman–Crippen MR) is 65.4 cm³/mol. The average molecular weight is 229 g/mol. The van der Waals surface area contributed by atoms with Gasteiger partial charge in [-0.3, -0.25) is 0 Å². The van der Waals surface area contributed by atoms with E-state index in [-0.39, 0.29) is 5.82 Å². The lowest BCUT2D eigenvalue weighted by Gasteiger charge is -2.06. The molecule has 0 atom stereocenters. The lowest BCUT2D eigenvalue weighted by Crippen LogP contribution is -1.90. The molecule has 0 fully saturated rings. The fraction of sp³-hybridized carbons (Fsp3) is 0.143. The van der Waals surface area contributed by atoms with E-state index in [0.717, 1.165) is 23.3 Å². The molecular formula is C14H12FNO. The molecular weight excluding hydrogens is 217 g/mol. The van der Waals surface area contributed by atoms with Gasteiger partial charge in [0.2, 0.25) is 0 Å². The summed E-state index contributed by atoms with van der Waals surface area (Å²) >= 11 is 0. The van der Waals surface area contributed by atoms with Gasteiger partial charge < -0.3 is 10.5 Å². The fourth-order valence-electron chi connectivity index (χ4n) is 2.12. The number of halogens is 1. The Morgan fingerprint density at radius 1 is 1.12 bits per heavy atom. The number of nitrogens with two attached hydrogens (primary N) is 1. The van der Waals surface area contributed by atoms with Crippen molar-refractivity contribution in [3.8, 4) is 16.9 Å². The molecule has 86 valence electrons. The van der Waals surface area contributed by atoms with E-state index >= 15 is 0 Å². The van der Waals surface area contributed by atoms with Crippen LogP contribution >= 0.6 is 0 Å². The maximum absolute atomic E-state index is 13.8. The number of rotatable bonds is 1. The Bertz CT molecular complexity index is 580. The Morgan fingerprint density at radius 3 is 2.82 bits per heavy atom. The molecule has 3 rings (SSSR count). The molecule has 2 aromatic carbocycles. The lowest BCUT2D eigenvalue weighted by atomic mass is 10.0. The van der Waals surface area contributed by atoms with Crippen molar-refractivity contribution >= 4 is 5.69 Å². The number of nitrogen functional groups attached to an aromatic ring is 1. The number of hydrogen-bond donors (Lipinski definition) is 1. The molecule has 3 heteroatoms. The van der Waals surface area contributed by atoms with Gasteiger partial charge in [0.05, 0.1) is 6.61 Å². The summed E-state index contributed by atoms with van der Waals surface area (Å²) < 4.78 is 19.2. The van der Waals surface area contributed by atoms with E-state index in [2.05, 4.69) is 0 Å². The molecule has 0 spiro atoms. The summed E-state index contributed by atoms with van der Waals surface area (Å²) in [5.41, 5.74) is 8.56. The van der Waals surface area contributed by atoms with Crippen molar-refractivity contribution in [1.82, 2.24) is 0 Å². The van der Waals surface area contributed by atoms with Gasteiger partial charge in [0.1, 0.15) is 11.6 Å². The molecule has 2 nitrogen and oxygen atoms in total. The highest BCUT2D eigenvalue weighted by Crippen LogP contribution is 2.31. The molecule has 0 saturated heterocycles. The second-order valence-corrected chi connectivity index (χ2v) is 4.16. The van der Waals surface area contributed by atoms with Gasteiger partial charge in [0, 0.05) is 17.7 Å². The SMILES string of the molecule is Nc1ccc(-c2ccc3c(c2)CCO3)c(F)c1. The minimum atomic E-state index is -0.288. The maximum atomic E-state index is 13.8. The zero-order chi connectivity index (χ0) is 11.8. The minimum absolute atomic E-state index is 0.288. The van der Waals surface area contributed by atoms with Gasteiger partial charge in [-0.1, -0.05) is 6.07 Å². The van der Waals surface area contributed by atoms with Crippen LogP contribution in [0.3, 0.4) is 0 Å². The number of benzene rings is 2. The highest BCUT2D eigenvalue weighted by Gasteiger charge is 2.14. The zero-order valence-corrected chi connectivity index (χ0v) is 9.24. The normalized spacial score (nSPS) is 13.2. The molecule has 0 radical (unpaired) electrons. The molecule has 1 heterocycles. The summed E-state index contributed by atoms with van der Waals surface area (Å²) in [6.45, 7) is 0.711. The number of hydrogen-bond acceptors (Lipinski definition) is 2. The highest BCUT2D eigenvalue weighted by molar-refractivity contribution is 5.68. The van der Waals surface area contributed by atoms with Crippen molar-refractivity contribution in [1.29, 1.82) is 0 Å². The molecule has 2 N–H and O–H groups in total. The van der Waals surface area contributed by atoms with Crippen LogP contribution in [-0.2, 0) is 6.42 Å². The van der Waals surface area contributed by atoms with Gasteiger partial charge in [-0.25, -0.2) is 4.39 Å². The first-order chi connectivity index (χ1) is 8.24. The Balaban J connectivity index is 2.09. The first kappa shape index (κ1) is 10.1. The van der Waals surface area contributed by atoms with E-state index in [1.807, 2.05) is 18.2 Å². The monoisotopic (exact) mass is 229 g/mol. The van der Waals surface area contributed by atoms with Gasteiger partial charge in [-0.15, -0.1) is 0 Å². The predicted octanol–water partition coefficient (Wildman–Crippen LogP) is 3.01.